The maximum atomic E-state index is 4.85. The Bertz CT molecular complexity index is 1580. The third-order valence-electron chi connectivity index (χ3n) is 6.05. The molecule has 2 heterocycles. The lowest BCUT2D eigenvalue weighted by Crippen LogP contribution is -1.92. The van der Waals surface area contributed by atoms with Crippen LogP contribution in [0.5, 0.6) is 0 Å². The van der Waals surface area contributed by atoms with E-state index in [-0.39, 0.29) is 0 Å². The third-order valence-corrected chi connectivity index (χ3v) is 6.05. The van der Waals surface area contributed by atoms with Crippen molar-refractivity contribution in [2.75, 3.05) is 0 Å². The number of hydrogen-bond donors (Lipinski definition) is 0. The Morgan fingerprint density at radius 3 is 1.39 bits per heavy atom. The van der Waals surface area contributed by atoms with Crippen molar-refractivity contribution in [3.63, 3.8) is 0 Å². The molecule has 7 rings (SSSR count). The number of benzene rings is 5. The quantitative estimate of drug-likeness (QED) is 0.220. The zero-order chi connectivity index (χ0) is 18.2. The van der Waals surface area contributed by atoms with E-state index in [1.165, 1.54) is 53.9 Å². The van der Waals surface area contributed by atoms with E-state index in [0.717, 1.165) is 11.0 Å². The van der Waals surface area contributed by atoms with E-state index >= 15 is 0 Å². The summed E-state index contributed by atoms with van der Waals surface area (Å²) < 4.78 is 0. The Morgan fingerprint density at radius 1 is 0.429 bits per heavy atom. The Balaban J connectivity index is 1.92. The average molecular weight is 354 g/mol. The van der Waals surface area contributed by atoms with Crippen LogP contribution in [0.1, 0.15) is 0 Å². The van der Waals surface area contributed by atoms with Crippen LogP contribution in [0.25, 0.3) is 64.9 Å². The van der Waals surface area contributed by atoms with Gasteiger partial charge in [-0.3, -0.25) is 9.97 Å². The molecule has 0 amide bonds. The van der Waals surface area contributed by atoms with Crippen molar-refractivity contribution in [2.45, 2.75) is 0 Å². The lowest BCUT2D eigenvalue weighted by Gasteiger charge is -2.15. The number of pyridine rings is 2. The normalized spacial score (nSPS) is 12.3. The fourth-order valence-electron chi connectivity index (χ4n) is 4.89. The maximum Gasteiger partial charge on any atom is 0.0794 e. The van der Waals surface area contributed by atoms with Gasteiger partial charge < -0.3 is 0 Å². The van der Waals surface area contributed by atoms with Crippen LogP contribution in [0.15, 0.2) is 85.2 Å². The van der Waals surface area contributed by atoms with Gasteiger partial charge in [-0.25, -0.2) is 0 Å². The molecule has 2 aromatic heterocycles. The predicted octanol–water partition coefficient (Wildman–Crippen LogP) is 6.83. The highest BCUT2D eigenvalue weighted by atomic mass is 14.7. The molecule has 0 bridgehead atoms. The van der Waals surface area contributed by atoms with Crippen molar-refractivity contribution < 1.29 is 0 Å². The minimum atomic E-state index is 1.06. The van der Waals surface area contributed by atoms with Gasteiger partial charge >= 0.3 is 0 Å². The minimum absolute atomic E-state index is 1.06. The molecule has 0 aliphatic heterocycles. The van der Waals surface area contributed by atoms with Crippen molar-refractivity contribution in [1.29, 1.82) is 0 Å². The fraction of sp³-hybridized carbons (Fsp3) is 0. The van der Waals surface area contributed by atoms with Gasteiger partial charge in [0.25, 0.3) is 0 Å². The van der Waals surface area contributed by atoms with Crippen molar-refractivity contribution in [2.24, 2.45) is 0 Å². The van der Waals surface area contributed by atoms with Crippen molar-refractivity contribution in [3.05, 3.63) is 85.2 Å². The van der Waals surface area contributed by atoms with Crippen LogP contribution in [0, 0.1) is 0 Å². The molecule has 0 fully saturated rings. The van der Waals surface area contributed by atoms with E-state index in [9.17, 15) is 0 Å². The second-order valence-electron chi connectivity index (χ2n) is 7.45. The molecule has 0 saturated heterocycles. The molecule has 0 atom stereocenters. The summed E-state index contributed by atoms with van der Waals surface area (Å²) >= 11 is 0. The number of aromatic nitrogens is 2. The number of nitrogens with zero attached hydrogens (tertiary/aromatic N) is 2. The van der Waals surface area contributed by atoms with E-state index in [2.05, 4.69) is 72.8 Å². The van der Waals surface area contributed by atoms with Gasteiger partial charge in [0.15, 0.2) is 0 Å². The summed E-state index contributed by atoms with van der Waals surface area (Å²) in [6.45, 7) is 0. The molecule has 0 radical (unpaired) electrons. The monoisotopic (exact) mass is 354 g/mol. The van der Waals surface area contributed by atoms with Crippen molar-refractivity contribution >= 4 is 64.9 Å². The van der Waals surface area contributed by atoms with Crippen LogP contribution < -0.4 is 0 Å². The first kappa shape index (κ1) is 14.3. The minimum Gasteiger partial charge on any atom is -0.256 e. The first-order valence-electron chi connectivity index (χ1n) is 9.52. The molecule has 2 heteroatoms. The molecular weight excluding hydrogens is 340 g/mol. The standard InChI is InChI=1S/C26H14N2/c1-3-7-17-15(5-1)13-21-23-19(17)9-11-28-26(23)22-14-16-6-2-4-8-18(16)20-10-12-27-25(21)24(20)22/h1-14H. The van der Waals surface area contributed by atoms with Gasteiger partial charge in [0, 0.05) is 33.9 Å². The largest absolute Gasteiger partial charge is 0.256 e. The Labute approximate surface area is 160 Å². The second-order valence-corrected chi connectivity index (χ2v) is 7.45. The number of hydrogen-bond acceptors (Lipinski definition) is 2. The topological polar surface area (TPSA) is 25.8 Å². The first-order chi connectivity index (χ1) is 13.9. The zero-order valence-corrected chi connectivity index (χ0v) is 15.0. The summed E-state index contributed by atoms with van der Waals surface area (Å²) in [5, 5.41) is 12.3. The van der Waals surface area contributed by atoms with Crippen LogP contribution in [0.4, 0.5) is 0 Å². The molecule has 0 N–H and O–H groups in total. The van der Waals surface area contributed by atoms with Crippen LogP contribution in [-0.4, -0.2) is 9.97 Å². The molecule has 0 spiro atoms. The van der Waals surface area contributed by atoms with Crippen molar-refractivity contribution in [1.82, 2.24) is 9.97 Å². The van der Waals surface area contributed by atoms with Crippen LogP contribution in [0.2, 0.25) is 0 Å². The summed E-state index contributed by atoms with van der Waals surface area (Å²) in [6.07, 6.45) is 3.88. The summed E-state index contributed by atoms with van der Waals surface area (Å²) in [5.74, 6) is 0. The molecule has 0 unspecified atom stereocenters. The average Bonchev–Trinajstić information content (AvgIpc) is 2.77. The molecule has 28 heavy (non-hydrogen) atoms. The predicted molar refractivity (Wildman–Crippen MR) is 118 cm³/mol. The Hall–Kier alpha value is -3.78. The highest BCUT2D eigenvalue weighted by Crippen LogP contribution is 2.42. The van der Waals surface area contributed by atoms with Gasteiger partial charge in [-0.15, -0.1) is 0 Å². The van der Waals surface area contributed by atoms with E-state index in [4.69, 9.17) is 9.97 Å². The van der Waals surface area contributed by atoms with Gasteiger partial charge in [-0.1, -0.05) is 48.5 Å². The summed E-state index contributed by atoms with van der Waals surface area (Å²) in [7, 11) is 0. The van der Waals surface area contributed by atoms with Crippen LogP contribution in [-0.2, 0) is 0 Å². The maximum absolute atomic E-state index is 4.85. The molecule has 0 saturated carbocycles. The van der Waals surface area contributed by atoms with Gasteiger partial charge in [-0.05, 0) is 56.6 Å². The molecule has 128 valence electrons. The van der Waals surface area contributed by atoms with Gasteiger partial charge in [0.1, 0.15) is 0 Å². The fourth-order valence-corrected chi connectivity index (χ4v) is 4.89. The smallest absolute Gasteiger partial charge is 0.0794 e. The molecule has 0 aliphatic carbocycles. The molecule has 2 nitrogen and oxygen atoms in total. The molecular formula is C26H14N2. The summed E-state index contributed by atoms with van der Waals surface area (Å²) in [5.41, 5.74) is 2.13. The summed E-state index contributed by atoms with van der Waals surface area (Å²) in [4.78, 5) is 9.69. The number of rotatable bonds is 0. The van der Waals surface area contributed by atoms with E-state index in [0.29, 0.717) is 0 Å². The first-order valence-corrected chi connectivity index (χ1v) is 9.52. The van der Waals surface area contributed by atoms with Crippen molar-refractivity contribution in [3.8, 4) is 0 Å². The lowest BCUT2D eigenvalue weighted by atomic mass is 9.90. The number of fused-ring (bicyclic) bond motifs is 6. The Morgan fingerprint density at radius 2 is 0.893 bits per heavy atom. The third kappa shape index (κ3) is 1.64. The highest BCUT2D eigenvalue weighted by Gasteiger charge is 2.17. The van der Waals surface area contributed by atoms with Gasteiger partial charge in [-0.2, -0.15) is 0 Å². The van der Waals surface area contributed by atoms with Gasteiger partial charge in [0.05, 0.1) is 11.0 Å². The second kappa shape index (κ2) is 4.93. The molecule has 7 aromatic rings. The molecule has 0 aliphatic rings. The SMILES string of the molecule is c1ccc2c(c1)cc1c3nccc4c5ccccc5cc(c5nccc2c15)c43. The summed E-state index contributed by atoms with van der Waals surface area (Å²) in [6, 6.07) is 26.0. The Kier molecular flexibility index (Phi) is 2.52. The van der Waals surface area contributed by atoms with Crippen LogP contribution >= 0.6 is 0 Å². The van der Waals surface area contributed by atoms with E-state index in [1.54, 1.807) is 0 Å². The van der Waals surface area contributed by atoms with E-state index in [1.807, 2.05) is 12.4 Å². The highest BCUT2D eigenvalue weighted by molar-refractivity contribution is 6.36. The zero-order valence-electron chi connectivity index (χ0n) is 15.0. The van der Waals surface area contributed by atoms with Gasteiger partial charge in [0.2, 0.25) is 0 Å². The lowest BCUT2D eigenvalue weighted by molar-refractivity contribution is 1.43. The van der Waals surface area contributed by atoms with Crippen LogP contribution in [0.3, 0.4) is 0 Å². The van der Waals surface area contributed by atoms with E-state index < -0.39 is 0 Å². The molecule has 5 aromatic carbocycles.